The van der Waals surface area contributed by atoms with Gasteiger partial charge in [-0.3, -0.25) is 4.79 Å². The molecule has 2 heterocycles. The van der Waals surface area contributed by atoms with E-state index < -0.39 is 0 Å². The van der Waals surface area contributed by atoms with E-state index in [4.69, 9.17) is 9.47 Å². The predicted octanol–water partition coefficient (Wildman–Crippen LogP) is 5.68. The molecule has 0 bridgehead atoms. The maximum atomic E-state index is 12.9. The molecule has 148 valence electrons. The summed E-state index contributed by atoms with van der Waals surface area (Å²) in [6.45, 7) is 2.39. The second kappa shape index (κ2) is 7.23. The number of Topliss-reactive ketones (excluding diaryl/α,β-unsaturated/α-hetero) is 1. The smallest absolute Gasteiger partial charge is 0.231 e. The Kier molecular flexibility index (Phi) is 4.40. The lowest BCUT2D eigenvalue weighted by Crippen LogP contribution is -1.98. The van der Waals surface area contributed by atoms with Crippen molar-refractivity contribution in [1.29, 1.82) is 0 Å². The highest BCUT2D eigenvalue weighted by Gasteiger charge is 2.30. The van der Waals surface area contributed by atoms with E-state index in [1.807, 2.05) is 74.8 Å². The fraction of sp³-hybridized carbons (Fsp3) is 0.115. The number of hydrogen-bond donors (Lipinski definition) is 0. The minimum absolute atomic E-state index is 0.101. The maximum Gasteiger partial charge on any atom is 0.231 e. The number of para-hydroxylation sites is 1. The van der Waals surface area contributed by atoms with Gasteiger partial charge in [0.05, 0.1) is 5.56 Å². The Labute approximate surface area is 175 Å². The van der Waals surface area contributed by atoms with E-state index in [1.54, 1.807) is 6.07 Å². The number of ketones is 1. The Morgan fingerprint density at radius 3 is 2.60 bits per heavy atom. The maximum absolute atomic E-state index is 12.9. The standard InChI is InChI=1S/C26H21NO3/c1-17-23(29-16-18-8-4-3-5-9-18)13-12-21-25(28)24(30-26(17)21)14-19-15-27(2)22-11-7-6-10-20(19)22/h3-15H,16H2,1-2H3/b24-14+. The number of aryl methyl sites for hydroxylation is 1. The summed E-state index contributed by atoms with van der Waals surface area (Å²) in [5, 5.41) is 1.09. The van der Waals surface area contributed by atoms with Crippen LogP contribution in [-0.4, -0.2) is 10.4 Å². The van der Waals surface area contributed by atoms with Gasteiger partial charge in [0.2, 0.25) is 5.78 Å². The lowest BCUT2D eigenvalue weighted by Gasteiger charge is -2.11. The Morgan fingerprint density at radius 2 is 1.77 bits per heavy atom. The topological polar surface area (TPSA) is 40.5 Å². The van der Waals surface area contributed by atoms with Gasteiger partial charge in [-0.2, -0.15) is 0 Å². The van der Waals surface area contributed by atoms with Crippen LogP contribution in [0.15, 0.2) is 78.7 Å². The first-order chi connectivity index (χ1) is 14.6. The molecule has 0 amide bonds. The molecule has 4 nitrogen and oxygen atoms in total. The van der Waals surface area contributed by atoms with Crippen LogP contribution in [0.3, 0.4) is 0 Å². The second-order valence-electron chi connectivity index (χ2n) is 7.49. The molecule has 0 atom stereocenters. The summed E-state index contributed by atoms with van der Waals surface area (Å²) in [6, 6.07) is 21.7. The number of aromatic nitrogens is 1. The van der Waals surface area contributed by atoms with Crippen molar-refractivity contribution in [3.05, 3.63) is 101 Å². The SMILES string of the molecule is Cc1c(OCc2ccccc2)ccc2c1O/C(=C/c1cn(C)c3ccccc13)C2=O. The zero-order valence-electron chi connectivity index (χ0n) is 16.9. The molecule has 3 aromatic carbocycles. The van der Waals surface area contributed by atoms with Gasteiger partial charge in [-0.1, -0.05) is 48.5 Å². The van der Waals surface area contributed by atoms with E-state index in [0.717, 1.165) is 33.3 Å². The summed E-state index contributed by atoms with van der Waals surface area (Å²) in [6.07, 6.45) is 3.84. The normalized spacial score (nSPS) is 14.2. The van der Waals surface area contributed by atoms with Crippen LogP contribution < -0.4 is 9.47 Å². The van der Waals surface area contributed by atoms with Crippen LogP contribution in [0.5, 0.6) is 11.5 Å². The molecule has 4 aromatic rings. The zero-order valence-corrected chi connectivity index (χ0v) is 16.9. The van der Waals surface area contributed by atoms with Gasteiger partial charge in [0.25, 0.3) is 0 Å². The first-order valence-electron chi connectivity index (χ1n) is 9.90. The van der Waals surface area contributed by atoms with Crippen molar-refractivity contribution in [3.63, 3.8) is 0 Å². The molecule has 0 N–H and O–H groups in total. The van der Waals surface area contributed by atoms with Gasteiger partial charge in [0, 0.05) is 35.3 Å². The number of hydrogen-bond acceptors (Lipinski definition) is 3. The van der Waals surface area contributed by atoms with Gasteiger partial charge >= 0.3 is 0 Å². The average molecular weight is 395 g/mol. The van der Waals surface area contributed by atoms with Crippen LogP contribution in [0.2, 0.25) is 0 Å². The first kappa shape index (κ1) is 18.3. The number of carbonyl (C=O) groups excluding carboxylic acids is 1. The number of nitrogens with zero attached hydrogens (tertiary/aromatic N) is 1. The van der Waals surface area contributed by atoms with E-state index in [9.17, 15) is 4.79 Å². The number of allylic oxidation sites excluding steroid dienone is 1. The van der Waals surface area contributed by atoms with Gasteiger partial charge in [0.1, 0.15) is 18.1 Å². The first-order valence-corrected chi connectivity index (χ1v) is 9.90. The summed E-state index contributed by atoms with van der Waals surface area (Å²) in [4.78, 5) is 12.9. The van der Waals surface area contributed by atoms with Crippen LogP contribution >= 0.6 is 0 Å². The minimum Gasteiger partial charge on any atom is -0.488 e. The van der Waals surface area contributed by atoms with Gasteiger partial charge in [-0.05, 0) is 36.8 Å². The largest absolute Gasteiger partial charge is 0.488 e. The fourth-order valence-corrected chi connectivity index (χ4v) is 3.89. The minimum atomic E-state index is -0.101. The fourth-order valence-electron chi connectivity index (χ4n) is 3.89. The third-order valence-corrected chi connectivity index (χ3v) is 5.49. The molecule has 0 aliphatic carbocycles. The Hall–Kier alpha value is -3.79. The number of benzene rings is 3. The van der Waals surface area contributed by atoms with Crippen molar-refractivity contribution in [2.24, 2.45) is 7.05 Å². The van der Waals surface area contributed by atoms with Gasteiger partial charge in [0.15, 0.2) is 5.76 Å². The third-order valence-electron chi connectivity index (χ3n) is 5.49. The van der Waals surface area contributed by atoms with E-state index in [1.165, 1.54) is 0 Å². The summed E-state index contributed by atoms with van der Waals surface area (Å²) in [5.41, 5.74) is 4.57. The van der Waals surface area contributed by atoms with E-state index >= 15 is 0 Å². The molecule has 1 aromatic heterocycles. The quantitative estimate of drug-likeness (QED) is 0.417. The Bertz CT molecular complexity index is 1300. The molecule has 0 spiro atoms. The molecular formula is C26H21NO3. The van der Waals surface area contributed by atoms with Gasteiger partial charge < -0.3 is 14.0 Å². The van der Waals surface area contributed by atoms with E-state index in [2.05, 4.69) is 16.7 Å². The Morgan fingerprint density at radius 1 is 1.00 bits per heavy atom. The van der Waals surface area contributed by atoms with Crippen molar-refractivity contribution in [1.82, 2.24) is 4.57 Å². The molecule has 1 aliphatic rings. The Balaban J connectivity index is 1.45. The number of carbonyl (C=O) groups is 1. The summed E-state index contributed by atoms with van der Waals surface area (Å²) >= 11 is 0. The van der Waals surface area contributed by atoms with Gasteiger partial charge in [-0.15, -0.1) is 0 Å². The molecule has 0 unspecified atom stereocenters. The van der Waals surface area contributed by atoms with Crippen molar-refractivity contribution in [2.45, 2.75) is 13.5 Å². The average Bonchev–Trinajstić information content (AvgIpc) is 3.26. The molecule has 4 heteroatoms. The second-order valence-corrected chi connectivity index (χ2v) is 7.49. The highest BCUT2D eigenvalue weighted by molar-refractivity contribution is 6.15. The third kappa shape index (κ3) is 3.07. The summed E-state index contributed by atoms with van der Waals surface area (Å²) < 4.78 is 14.1. The molecule has 1 aliphatic heterocycles. The molecule has 0 fully saturated rings. The highest BCUT2D eigenvalue weighted by atomic mass is 16.5. The van der Waals surface area contributed by atoms with Crippen molar-refractivity contribution < 1.29 is 14.3 Å². The molecule has 0 radical (unpaired) electrons. The van der Waals surface area contributed by atoms with Crippen molar-refractivity contribution >= 4 is 22.8 Å². The zero-order chi connectivity index (χ0) is 20.7. The lowest BCUT2D eigenvalue weighted by atomic mass is 10.1. The van der Waals surface area contributed by atoms with Crippen LogP contribution in [-0.2, 0) is 13.7 Å². The number of ether oxygens (including phenoxy) is 2. The van der Waals surface area contributed by atoms with E-state index in [-0.39, 0.29) is 5.78 Å². The van der Waals surface area contributed by atoms with Gasteiger partial charge in [-0.25, -0.2) is 0 Å². The van der Waals surface area contributed by atoms with Crippen LogP contribution in [0, 0.1) is 6.92 Å². The summed E-state index contributed by atoms with van der Waals surface area (Å²) in [7, 11) is 2.00. The monoisotopic (exact) mass is 395 g/mol. The molecular weight excluding hydrogens is 374 g/mol. The molecule has 30 heavy (non-hydrogen) atoms. The number of rotatable bonds is 4. The summed E-state index contributed by atoms with van der Waals surface area (Å²) in [5.74, 6) is 1.54. The molecule has 0 saturated heterocycles. The number of fused-ring (bicyclic) bond motifs is 2. The van der Waals surface area contributed by atoms with Crippen molar-refractivity contribution in [3.8, 4) is 11.5 Å². The predicted molar refractivity (Wildman–Crippen MR) is 118 cm³/mol. The molecule has 5 rings (SSSR count). The highest BCUT2D eigenvalue weighted by Crippen LogP contribution is 2.40. The van der Waals surface area contributed by atoms with Crippen LogP contribution in [0.25, 0.3) is 17.0 Å². The van der Waals surface area contributed by atoms with E-state index in [0.29, 0.717) is 23.7 Å². The molecule has 0 saturated carbocycles. The van der Waals surface area contributed by atoms with Crippen LogP contribution in [0.4, 0.5) is 0 Å². The van der Waals surface area contributed by atoms with Crippen molar-refractivity contribution in [2.75, 3.05) is 0 Å². The van der Waals surface area contributed by atoms with Crippen LogP contribution in [0.1, 0.15) is 27.0 Å². The lowest BCUT2D eigenvalue weighted by molar-refractivity contribution is 0.101.